The summed E-state index contributed by atoms with van der Waals surface area (Å²) in [4.78, 5) is 24.8. The molecule has 1 fully saturated rings. The molecule has 1 aromatic carbocycles. The molecule has 0 saturated heterocycles. The number of rotatable bonds is 7. The van der Waals surface area contributed by atoms with Crippen LogP contribution in [0, 0.1) is 0 Å². The van der Waals surface area contributed by atoms with E-state index in [9.17, 15) is 9.59 Å². The number of carbonyl (C=O) groups excluding carboxylic acids is 2. The molecule has 1 atom stereocenters. The molecule has 7 nitrogen and oxygen atoms in total. The second kappa shape index (κ2) is 7.76. The van der Waals surface area contributed by atoms with E-state index in [1.165, 1.54) is 11.8 Å². The van der Waals surface area contributed by atoms with Gasteiger partial charge in [0.25, 0.3) is 0 Å². The lowest BCUT2D eigenvalue weighted by atomic mass is 10.2. The van der Waals surface area contributed by atoms with Gasteiger partial charge in [-0.3, -0.25) is 14.2 Å². The van der Waals surface area contributed by atoms with Gasteiger partial charge in [-0.25, -0.2) is 0 Å². The van der Waals surface area contributed by atoms with Crippen LogP contribution in [0.1, 0.15) is 36.2 Å². The third-order valence-electron chi connectivity index (χ3n) is 4.41. The van der Waals surface area contributed by atoms with Crippen molar-refractivity contribution in [3.63, 3.8) is 0 Å². The summed E-state index contributed by atoms with van der Waals surface area (Å²) in [5.74, 6) is 0.234. The number of thioether (sulfide) groups is 1. The summed E-state index contributed by atoms with van der Waals surface area (Å²) in [6.45, 7) is 1.84. The highest BCUT2D eigenvalue weighted by molar-refractivity contribution is 8.00. The standard InChI is InChI=1S/C19H19N5O2S2/c1-11(18(26)21-13-6-4-12(5-7-13)16(20)25)28-19-23-22-17(15-3-2-10-27-15)24(19)14-8-9-14/h2-7,10-11,14H,8-9H2,1H3,(H2,20,25)(H,21,26). The molecule has 0 spiro atoms. The first kappa shape index (κ1) is 18.7. The van der Waals surface area contributed by atoms with Crippen molar-refractivity contribution in [2.75, 3.05) is 5.32 Å². The van der Waals surface area contributed by atoms with Gasteiger partial charge in [-0.1, -0.05) is 17.8 Å². The van der Waals surface area contributed by atoms with Crippen molar-refractivity contribution >= 4 is 40.6 Å². The molecule has 0 radical (unpaired) electrons. The van der Waals surface area contributed by atoms with Crippen LogP contribution in [0.3, 0.4) is 0 Å². The number of primary amides is 1. The fraction of sp³-hybridized carbons (Fsp3) is 0.263. The van der Waals surface area contributed by atoms with Gasteiger partial charge >= 0.3 is 0 Å². The minimum atomic E-state index is -0.497. The first-order valence-corrected chi connectivity index (χ1v) is 10.6. The molecule has 2 heterocycles. The molecular weight excluding hydrogens is 394 g/mol. The van der Waals surface area contributed by atoms with Crippen LogP contribution in [-0.4, -0.2) is 31.8 Å². The van der Waals surface area contributed by atoms with Gasteiger partial charge in [0.05, 0.1) is 10.1 Å². The fourth-order valence-electron chi connectivity index (χ4n) is 2.77. The molecule has 1 unspecified atom stereocenters. The number of anilines is 1. The zero-order valence-corrected chi connectivity index (χ0v) is 16.8. The SMILES string of the molecule is CC(Sc1nnc(-c2cccs2)n1C1CC1)C(=O)Nc1ccc(C(N)=O)cc1. The lowest BCUT2D eigenvalue weighted by molar-refractivity contribution is -0.115. The lowest BCUT2D eigenvalue weighted by Crippen LogP contribution is -2.23. The van der Waals surface area contributed by atoms with Crippen molar-refractivity contribution in [2.24, 2.45) is 5.73 Å². The predicted octanol–water partition coefficient (Wildman–Crippen LogP) is 3.56. The molecule has 3 N–H and O–H groups in total. The van der Waals surface area contributed by atoms with Gasteiger partial charge in [0, 0.05) is 17.3 Å². The van der Waals surface area contributed by atoms with Gasteiger partial charge in [-0.05, 0) is 55.5 Å². The first-order valence-electron chi connectivity index (χ1n) is 8.89. The van der Waals surface area contributed by atoms with E-state index in [0.717, 1.165) is 28.7 Å². The van der Waals surface area contributed by atoms with Crippen molar-refractivity contribution in [1.29, 1.82) is 0 Å². The largest absolute Gasteiger partial charge is 0.366 e. The number of benzene rings is 1. The predicted molar refractivity (Wildman–Crippen MR) is 111 cm³/mol. The molecule has 9 heteroatoms. The van der Waals surface area contributed by atoms with Crippen LogP contribution in [0.4, 0.5) is 5.69 Å². The van der Waals surface area contributed by atoms with E-state index in [1.807, 2.05) is 24.4 Å². The smallest absolute Gasteiger partial charge is 0.248 e. The van der Waals surface area contributed by atoms with E-state index < -0.39 is 5.91 Å². The number of thiophene rings is 1. The molecule has 1 aliphatic rings. The molecule has 0 aliphatic heterocycles. The van der Waals surface area contributed by atoms with Gasteiger partial charge in [-0.2, -0.15) is 0 Å². The molecular formula is C19H19N5O2S2. The van der Waals surface area contributed by atoms with Crippen molar-refractivity contribution in [2.45, 2.75) is 36.2 Å². The Bertz CT molecular complexity index is 994. The topological polar surface area (TPSA) is 103 Å². The van der Waals surface area contributed by atoms with Crippen LogP contribution in [-0.2, 0) is 4.79 Å². The van der Waals surface area contributed by atoms with Crippen LogP contribution in [0.2, 0.25) is 0 Å². The van der Waals surface area contributed by atoms with Crippen LogP contribution >= 0.6 is 23.1 Å². The molecule has 3 aromatic rings. The monoisotopic (exact) mass is 413 g/mol. The Morgan fingerprint density at radius 3 is 2.61 bits per heavy atom. The summed E-state index contributed by atoms with van der Waals surface area (Å²) in [7, 11) is 0. The van der Waals surface area contributed by atoms with Gasteiger partial charge in [0.15, 0.2) is 11.0 Å². The lowest BCUT2D eigenvalue weighted by Gasteiger charge is -2.13. The van der Waals surface area contributed by atoms with E-state index in [2.05, 4.69) is 20.1 Å². The van der Waals surface area contributed by atoms with E-state index in [0.29, 0.717) is 17.3 Å². The summed E-state index contributed by atoms with van der Waals surface area (Å²) in [6, 6.07) is 10.9. The van der Waals surface area contributed by atoms with E-state index in [4.69, 9.17) is 5.73 Å². The summed E-state index contributed by atoms with van der Waals surface area (Å²) in [6.07, 6.45) is 2.22. The van der Waals surface area contributed by atoms with Crippen molar-refractivity contribution < 1.29 is 9.59 Å². The summed E-state index contributed by atoms with van der Waals surface area (Å²) in [5, 5.41) is 14.0. The second-order valence-corrected chi connectivity index (χ2v) is 8.83. The Labute approximate surface area is 170 Å². The van der Waals surface area contributed by atoms with Gasteiger partial charge in [-0.15, -0.1) is 21.5 Å². The Kier molecular flexibility index (Phi) is 5.19. The first-order chi connectivity index (χ1) is 13.5. The summed E-state index contributed by atoms with van der Waals surface area (Å²) in [5.41, 5.74) is 6.25. The maximum atomic E-state index is 12.6. The molecule has 28 heavy (non-hydrogen) atoms. The highest BCUT2D eigenvalue weighted by Gasteiger charge is 2.31. The van der Waals surface area contributed by atoms with E-state index in [-0.39, 0.29) is 11.2 Å². The minimum absolute atomic E-state index is 0.139. The Morgan fingerprint density at radius 1 is 1.25 bits per heavy atom. The van der Waals surface area contributed by atoms with E-state index >= 15 is 0 Å². The van der Waals surface area contributed by atoms with Crippen molar-refractivity contribution in [1.82, 2.24) is 14.8 Å². The Hall–Kier alpha value is -2.65. The number of aromatic nitrogens is 3. The number of hydrogen-bond donors (Lipinski definition) is 2. The van der Waals surface area contributed by atoms with Crippen LogP contribution < -0.4 is 11.1 Å². The highest BCUT2D eigenvalue weighted by Crippen LogP contribution is 2.42. The molecule has 144 valence electrons. The number of carbonyl (C=O) groups is 2. The molecule has 1 saturated carbocycles. The van der Waals surface area contributed by atoms with Crippen LogP contribution in [0.25, 0.3) is 10.7 Å². The summed E-state index contributed by atoms with van der Waals surface area (Å²) >= 11 is 3.03. The van der Waals surface area contributed by atoms with E-state index in [1.54, 1.807) is 35.6 Å². The number of hydrogen-bond acceptors (Lipinski definition) is 6. The average molecular weight is 414 g/mol. The molecule has 4 rings (SSSR count). The third kappa shape index (κ3) is 3.95. The second-order valence-electron chi connectivity index (χ2n) is 6.58. The minimum Gasteiger partial charge on any atom is -0.366 e. The van der Waals surface area contributed by atoms with Gasteiger partial charge in [0.1, 0.15) is 0 Å². The molecule has 1 aliphatic carbocycles. The zero-order chi connectivity index (χ0) is 19.7. The van der Waals surface area contributed by atoms with Crippen LogP contribution in [0.5, 0.6) is 0 Å². The average Bonchev–Trinajstić information content (AvgIpc) is 3.20. The molecule has 2 aromatic heterocycles. The number of amides is 2. The maximum Gasteiger partial charge on any atom is 0.248 e. The number of nitrogens with two attached hydrogens (primary N) is 1. The Morgan fingerprint density at radius 2 is 2.00 bits per heavy atom. The zero-order valence-electron chi connectivity index (χ0n) is 15.2. The summed E-state index contributed by atoms with van der Waals surface area (Å²) < 4.78 is 2.15. The highest BCUT2D eigenvalue weighted by atomic mass is 32.2. The van der Waals surface area contributed by atoms with Gasteiger partial charge in [0.2, 0.25) is 11.8 Å². The normalized spacial score (nSPS) is 14.6. The maximum absolute atomic E-state index is 12.6. The fourth-order valence-corrected chi connectivity index (χ4v) is 4.39. The third-order valence-corrected chi connectivity index (χ3v) is 6.33. The number of nitrogens with zero attached hydrogens (tertiary/aromatic N) is 3. The quantitative estimate of drug-likeness (QED) is 0.577. The van der Waals surface area contributed by atoms with Crippen LogP contribution in [0.15, 0.2) is 46.9 Å². The van der Waals surface area contributed by atoms with Gasteiger partial charge < -0.3 is 11.1 Å². The number of nitrogens with one attached hydrogen (secondary N) is 1. The molecule has 2 amide bonds. The van der Waals surface area contributed by atoms with Crippen molar-refractivity contribution in [3.05, 3.63) is 47.3 Å². The van der Waals surface area contributed by atoms with Crippen molar-refractivity contribution in [3.8, 4) is 10.7 Å². The Balaban J connectivity index is 1.47. The molecule has 0 bridgehead atoms.